The highest BCUT2D eigenvalue weighted by atomic mass is 16.5. The van der Waals surface area contributed by atoms with Crippen LogP contribution in [-0.4, -0.2) is 38.6 Å². The third kappa shape index (κ3) is 3.45. The first-order valence-corrected chi connectivity index (χ1v) is 9.51. The van der Waals surface area contributed by atoms with Crippen LogP contribution in [0.1, 0.15) is 5.82 Å². The number of hydrogen-bond donors (Lipinski definition) is 1. The first-order valence-electron chi connectivity index (χ1n) is 9.51. The van der Waals surface area contributed by atoms with Gasteiger partial charge in [0.05, 0.1) is 31.8 Å². The lowest BCUT2D eigenvalue weighted by Crippen LogP contribution is -2.18. The summed E-state index contributed by atoms with van der Waals surface area (Å²) < 4.78 is 18.2. The molecule has 10 heteroatoms. The van der Waals surface area contributed by atoms with Gasteiger partial charge < -0.3 is 19.1 Å². The maximum absolute atomic E-state index is 12.3. The summed E-state index contributed by atoms with van der Waals surface area (Å²) in [6.45, 7) is -0.335. The molecule has 0 amide bonds. The largest absolute Gasteiger partial charge is 0.509 e. The maximum Gasteiger partial charge on any atom is 0.442 e. The van der Waals surface area contributed by atoms with E-state index in [2.05, 4.69) is 10.1 Å². The van der Waals surface area contributed by atoms with E-state index >= 15 is 0 Å². The van der Waals surface area contributed by atoms with Crippen LogP contribution in [0.4, 0.5) is 0 Å². The number of ether oxygens (including phenoxy) is 2. The van der Waals surface area contributed by atoms with Crippen LogP contribution in [0, 0.1) is 11.3 Å². The van der Waals surface area contributed by atoms with E-state index in [1.165, 1.54) is 14.2 Å². The molecule has 2 aromatic heterocycles. The Morgan fingerprint density at radius 2 is 1.94 bits per heavy atom. The van der Waals surface area contributed by atoms with Gasteiger partial charge in [-0.25, -0.2) is 14.3 Å². The molecule has 0 saturated carbocycles. The van der Waals surface area contributed by atoms with Crippen molar-refractivity contribution in [1.29, 1.82) is 5.26 Å². The third-order valence-electron chi connectivity index (χ3n) is 5.05. The van der Waals surface area contributed by atoms with Gasteiger partial charge in [-0.3, -0.25) is 4.52 Å². The molecular formula is C22H19N5O5. The number of aryl methyl sites for hydroxylation is 1. The molecule has 1 N–H and O–H groups in total. The number of rotatable bonds is 6. The lowest BCUT2D eigenvalue weighted by atomic mass is 10.1. The number of nitrogens with zero attached hydrogens (tertiary/aromatic N) is 5. The van der Waals surface area contributed by atoms with Crippen molar-refractivity contribution >= 4 is 16.6 Å². The average molecular weight is 433 g/mol. The van der Waals surface area contributed by atoms with Crippen molar-refractivity contribution in [2.24, 2.45) is 7.05 Å². The number of hydrogen-bond acceptors (Lipinski definition) is 8. The number of allylic oxidation sites excluding steroid dienone is 2. The van der Waals surface area contributed by atoms with Gasteiger partial charge >= 0.3 is 5.76 Å². The topological polar surface area (TPSA) is 128 Å². The van der Waals surface area contributed by atoms with Gasteiger partial charge in [0.15, 0.2) is 23.1 Å². The van der Waals surface area contributed by atoms with E-state index in [4.69, 9.17) is 14.0 Å². The van der Waals surface area contributed by atoms with Crippen LogP contribution in [-0.2, 0) is 13.6 Å². The zero-order valence-electron chi connectivity index (χ0n) is 17.6. The summed E-state index contributed by atoms with van der Waals surface area (Å²) in [5.74, 6) is 0.240. The predicted molar refractivity (Wildman–Crippen MR) is 115 cm³/mol. The third-order valence-corrected chi connectivity index (χ3v) is 5.05. The molecule has 0 spiro atoms. The number of fused-ring (bicyclic) bond motifs is 1. The summed E-state index contributed by atoms with van der Waals surface area (Å²) in [7, 11) is 4.74. The number of aliphatic hydroxyl groups excluding tert-OH is 1. The Morgan fingerprint density at radius 3 is 2.62 bits per heavy atom. The van der Waals surface area contributed by atoms with Crippen LogP contribution in [0.3, 0.4) is 0 Å². The molecule has 0 atom stereocenters. The first-order chi connectivity index (χ1) is 15.5. The second-order valence-corrected chi connectivity index (χ2v) is 6.84. The molecule has 2 aromatic carbocycles. The standard InChI is InChI=1S/C22H19N5O5/c1-26-16-7-5-4-6-15(16)24-21(26)14(11-23)17(28)12-27-20(25-32-22(27)29)13-8-9-18(30-2)19(10-13)31-3/h4-10,28H,12H2,1-3H3/b17-14+. The van der Waals surface area contributed by atoms with Crippen molar-refractivity contribution in [3.63, 3.8) is 0 Å². The highest BCUT2D eigenvalue weighted by molar-refractivity contribution is 5.83. The Balaban J connectivity index is 1.78. The molecule has 0 fully saturated rings. The molecule has 0 aliphatic heterocycles. The summed E-state index contributed by atoms with van der Waals surface area (Å²) in [5, 5.41) is 24.3. The number of aromatic nitrogens is 4. The van der Waals surface area contributed by atoms with Gasteiger partial charge in [0.2, 0.25) is 0 Å². The predicted octanol–water partition coefficient (Wildman–Crippen LogP) is 2.90. The zero-order valence-corrected chi connectivity index (χ0v) is 17.6. The van der Waals surface area contributed by atoms with Gasteiger partial charge in [-0.2, -0.15) is 5.26 Å². The van der Waals surface area contributed by atoms with Crippen LogP contribution in [0.25, 0.3) is 28.0 Å². The quantitative estimate of drug-likeness (QED) is 0.363. The van der Waals surface area contributed by atoms with Crippen LogP contribution in [0.5, 0.6) is 11.5 Å². The summed E-state index contributed by atoms with van der Waals surface area (Å²) in [6.07, 6.45) is 0. The van der Waals surface area contributed by atoms with Crippen molar-refractivity contribution in [1.82, 2.24) is 19.3 Å². The van der Waals surface area contributed by atoms with E-state index in [9.17, 15) is 15.2 Å². The number of imidazole rings is 1. The summed E-state index contributed by atoms with van der Waals surface area (Å²) in [5.41, 5.74) is 1.92. The highest BCUT2D eigenvalue weighted by Crippen LogP contribution is 2.31. The molecule has 0 aliphatic carbocycles. The second-order valence-electron chi connectivity index (χ2n) is 6.84. The number of benzene rings is 2. The van der Waals surface area contributed by atoms with Gasteiger partial charge in [0.1, 0.15) is 17.4 Å². The zero-order chi connectivity index (χ0) is 22.8. The Labute approximate surface area is 182 Å². The monoisotopic (exact) mass is 433 g/mol. The maximum atomic E-state index is 12.3. The number of para-hydroxylation sites is 2. The van der Waals surface area contributed by atoms with E-state index in [1.807, 2.05) is 30.3 Å². The average Bonchev–Trinajstić information content (AvgIpc) is 3.34. The lowest BCUT2D eigenvalue weighted by Gasteiger charge is -2.10. The smallest absolute Gasteiger partial charge is 0.442 e. The van der Waals surface area contributed by atoms with Crippen LogP contribution < -0.4 is 15.2 Å². The van der Waals surface area contributed by atoms with Crippen molar-refractivity contribution < 1.29 is 19.1 Å². The van der Waals surface area contributed by atoms with Gasteiger partial charge in [-0.1, -0.05) is 17.3 Å². The van der Waals surface area contributed by atoms with Crippen molar-refractivity contribution in [2.75, 3.05) is 14.2 Å². The van der Waals surface area contributed by atoms with E-state index in [0.29, 0.717) is 22.6 Å². The van der Waals surface area contributed by atoms with Crippen LogP contribution in [0.15, 0.2) is 57.5 Å². The molecule has 4 aromatic rings. The molecule has 10 nitrogen and oxygen atoms in total. The summed E-state index contributed by atoms with van der Waals surface area (Å²) in [4.78, 5) is 16.8. The second kappa shape index (κ2) is 8.31. The van der Waals surface area contributed by atoms with Crippen molar-refractivity contribution in [3.05, 3.63) is 64.6 Å². The van der Waals surface area contributed by atoms with Crippen molar-refractivity contribution in [3.8, 4) is 29.0 Å². The minimum Gasteiger partial charge on any atom is -0.509 e. The molecule has 4 rings (SSSR count). The minimum absolute atomic E-state index is 0.0601. The summed E-state index contributed by atoms with van der Waals surface area (Å²) >= 11 is 0. The van der Waals surface area contributed by atoms with Gasteiger partial charge in [0.25, 0.3) is 0 Å². The Morgan fingerprint density at radius 1 is 1.19 bits per heavy atom. The number of methoxy groups -OCH3 is 2. The fourth-order valence-corrected chi connectivity index (χ4v) is 3.43. The Kier molecular flexibility index (Phi) is 5.39. The normalized spacial score (nSPS) is 11.8. The van der Waals surface area contributed by atoms with E-state index < -0.39 is 5.76 Å². The Hall–Kier alpha value is -4.52. The highest BCUT2D eigenvalue weighted by Gasteiger charge is 2.21. The first kappa shape index (κ1) is 20.7. The summed E-state index contributed by atoms with van der Waals surface area (Å²) in [6, 6.07) is 14.3. The van der Waals surface area contributed by atoms with Crippen molar-refractivity contribution in [2.45, 2.75) is 6.54 Å². The van der Waals surface area contributed by atoms with Crippen LogP contribution >= 0.6 is 0 Å². The molecule has 0 bridgehead atoms. The molecule has 162 valence electrons. The van der Waals surface area contributed by atoms with E-state index in [-0.39, 0.29) is 29.5 Å². The van der Waals surface area contributed by atoms with E-state index in [0.717, 1.165) is 10.1 Å². The molecule has 2 heterocycles. The lowest BCUT2D eigenvalue weighted by molar-refractivity contribution is 0.353. The number of nitriles is 1. The van der Waals surface area contributed by atoms with Gasteiger partial charge in [0, 0.05) is 12.6 Å². The number of aliphatic hydroxyl groups is 1. The fraction of sp³-hybridized carbons (Fsp3) is 0.182. The molecule has 0 saturated heterocycles. The molecule has 0 radical (unpaired) electrons. The van der Waals surface area contributed by atoms with Gasteiger partial charge in [-0.15, -0.1) is 0 Å². The van der Waals surface area contributed by atoms with E-state index in [1.54, 1.807) is 29.8 Å². The SMILES string of the molecule is COc1ccc(-c2noc(=O)n2C/C(O)=C(/C#N)c2nc3ccccc3n2C)cc1OC. The Bertz CT molecular complexity index is 1440. The molecule has 0 unspecified atom stereocenters. The fourth-order valence-electron chi connectivity index (χ4n) is 3.43. The molecule has 32 heavy (non-hydrogen) atoms. The minimum atomic E-state index is -0.788. The van der Waals surface area contributed by atoms with Gasteiger partial charge in [-0.05, 0) is 30.3 Å². The molecular weight excluding hydrogens is 414 g/mol. The molecule has 0 aliphatic rings. The van der Waals surface area contributed by atoms with Crippen LogP contribution in [0.2, 0.25) is 0 Å².